The Bertz CT molecular complexity index is 1170. The number of rotatable bonds is 5. The zero-order chi connectivity index (χ0) is 25.0. The van der Waals surface area contributed by atoms with E-state index in [0.717, 1.165) is 5.56 Å². The van der Waals surface area contributed by atoms with Gasteiger partial charge in [0.1, 0.15) is 6.61 Å². The van der Waals surface area contributed by atoms with Gasteiger partial charge >= 0.3 is 12.2 Å². The highest BCUT2D eigenvalue weighted by molar-refractivity contribution is 7.92. The van der Waals surface area contributed by atoms with Crippen LogP contribution in [0.25, 0.3) is 0 Å². The van der Waals surface area contributed by atoms with Gasteiger partial charge in [0.05, 0.1) is 23.2 Å². The number of hydrogen-bond acceptors (Lipinski definition) is 6. The fourth-order valence-electron chi connectivity index (χ4n) is 4.32. The van der Waals surface area contributed by atoms with Crippen LogP contribution in [0.5, 0.6) is 0 Å². The normalized spacial score (nSPS) is 18.1. The number of para-hydroxylation sites is 1. The van der Waals surface area contributed by atoms with Crippen LogP contribution in [0.15, 0.2) is 53.4 Å². The topological polar surface area (TPSA) is 96.5 Å². The number of nitrogens with zero attached hydrogens (tertiary/aromatic N) is 3. The Labute approximate surface area is 210 Å². The number of benzene rings is 2. The lowest BCUT2D eigenvalue weighted by atomic mass is 9.98. The minimum absolute atomic E-state index is 0.0852. The summed E-state index contributed by atoms with van der Waals surface area (Å²) >= 11 is 5.96. The molecule has 2 aliphatic heterocycles. The van der Waals surface area contributed by atoms with E-state index in [0.29, 0.717) is 56.3 Å². The maximum atomic E-state index is 13.7. The van der Waals surface area contributed by atoms with Gasteiger partial charge in [0, 0.05) is 31.2 Å². The summed E-state index contributed by atoms with van der Waals surface area (Å²) < 4.78 is 39.3. The summed E-state index contributed by atoms with van der Waals surface area (Å²) in [5, 5.41) is 0.441. The number of carbonyl (C=O) groups excluding carboxylic acids is 2. The average molecular weight is 522 g/mol. The summed E-state index contributed by atoms with van der Waals surface area (Å²) in [6, 6.07) is 12.8. The maximum Gasteiger partial charge on any atom is 0.409 e. The van der Waals surface area contributed by atoms with Crippen molar-refractivity contribution in [3.05, 3.63) is 59.1 Å². The zero-order valence-corrected chi connectivity index (χ0v) is 21.0. The fourth-order valence-corrected chi connectivity index (χ4v) is 6.14. The van der Waals surface area contributed by atoms with E-state index >= 15 is 0 Å². The van der Waals surface area contributed by atoms with Crippen molar-refractivity contribution in [2.45, 2.75) is 30.7 Å². The summed E-state index contributed by atoms with van der Waals surface area (Å²) in [7, 11) is -3.92. The summed E-state index contributed by atoms with van der Waals surface area (Å²) in [4.78, 5) is 27.8. The molecule has 0 bridgehead atoms. The van der Waals surface area contributed by atoms with Crippen LogP contribution < -0.4 is 4.31 Å². The van der Waals surface area contributed by atoms with Crippen LogP contribution in [-0.4, -0.2) is 75.8 Å². The minimum Gasteiger partial charge on any atom is -0.450 e. The third kappa shape index (κ3) is 5.48. The van der Waals surface area contributed by atoms with E-state index in [2.05, 4.69) is 0 Å². The molecule has 0 spiro atoms. The lowest BCUT2D eigenvalue weighted by Gasteiger charge is -2.38. The van der Waals surface area contributed by atoms with Crippen molar-refractivity contribution in [1.29, 1.82) is 0 Å². The SMILES string of the molecule is CCOC(=O)N1CCN(C(=O)OCC2CCc3ccccc3N2S(=O)(=O)c2ccc(Cl)cc2)CC1. The summed E-state index contributed by atoms with van der Waals surface area (Å²) in [5.41, 5.74) is 1.50. The van der Waals surface area contributed by atoms with Crippen molar-refractivity contribution in [2.75, 3.05) is 43.7 Å². The fraction of sp³-hybridized carbons (Fsp3) is 0.417. The number of aryl methyl sites for hydroxylation is 1. The molecule has 188 valence electrons. The van der Waals surface area contributed by atoms with Crippen molar-refractivity contribution >= 4 is 39.5 Å². The Balaban J connectivity index is 1.47. The number of amides is 2. The number of carbonyl (C=O) groups is 2. The Morgan fingerprint density at radius 2 is 1.54 bits per heavy atom. The van der Waals surface area contributed by atoms with Gasteiger partial charge in [-0.1, -0.05) is 29.8 Å². The van der Waals surface area contributed by atoms with E-state index < -0.39 is 28.3 Å². The van der Waals surface area contributed by atoms with Gasteiger partial charge in [0.25, 0.3) is 10.0 Å². The molecule has 1 unspecified atom stereocenters. The first-order valence-electron chi connectivity index (χ1n) is 11.5. The predicted octanol–water partition coefficient (Wildman–Crippen LogP) is 3.76. The molecule has 11 heteroatoms. The third-order valence-electron chi connectivity index (χ3n) is 6.14. The number of fused-ring (bicyclic) bond motifs is 1. The van der Waals surface area contributed by atoms with E-state index in [1.165, 1.54) is 33.5 Å². The molecule has 1 fully saturated rings. The lowest BCUT2D eigenvalue weighted by molar-refractivity contribution is 0.0600. The quantitative estimate of drug-likeness (QED) is 0.594. The Morgan fingerprint density at radius 1 is 0.943 bits per heavy atom. The van der Waals surface area contributed by atoms with Gasteiger partial charge in [-0.2, -0.15) is 0 Å². The van der Waals surface area contributed by atoms with Gasteiger partial charge in [-0.25, -0.2) is 18.0 Å². The minimum atomic E-state index is -3.92. The molecule has 35 heavy (non-hydrogen) atoms. The molecule has 4 rings (SSSR count). The monoisotopic (exact) mass is 521 g/mol. The number of sulfonamides is 1. The molecule has 9 nitrogen and oxygen atoms in total. The molecular weight excluding hydrogens is 494 g/mol. The van der Waals surface area contributed by atoms with E-state index in [4.69, 9.17) is 21.1 Å². The number of halogens is 1. The van der Waals surface area contributed by atoms with Gasteiger partial charge in [-0.15, -0.1) is 0 Å². The van der Waals surface area contributed by atoms with Crippen LogP contribution in [0.2, 0.25) is 5.02 Å². The van der Waals surface area contributed by atoms with Crippen LogP contribution in [0.4, 0.5) is 15.3 Å². The van der Waals surface area contributed by atoms with E-state index in [1.807, 2.05) is 12.1 Å². The van der Waals surface area contributed by atoms with Crippen LogP contribution in [0.1, 0.15) is 18.9 Å². The van der Waals surface area contributed by atoms with E-state index in [9.17, 15) is 18.0 Å². The second-order valence-corrected chi connectivity index (χ2v) is 10.6. The first-order chi connectivity index (χ1) is 16.8. The molecule has 2 heterocycles. The van der Waals surface area contributed by atoms with Crippen LogP contribution in [-0.2, 0) is 25.9 Å². The van der Waals surface area contributed by atoms with Gasteiger partial charge in [0.15, 0.2) is 0 Å². The molecule has 0 radical (unpaired) electrons. The zero-order valence-electron chi connectivity index (χ0n) is 19.4. The Morgan fingerprint density at radius 3 is 2.17 bits per heavy atom. The number of piperazine rings is 1. The van der Waals surface area contributed by atoms with Crippen molar-refractivity contribution in [3.8, 4) is 0 Å². The first kappa shape index (κ1) is 25.1. The lowest BCUT2D eigenvalue weighted by Crippen LogP contribution is -2.52. The molecule has 2 aromatic rings. The van der Waals surface area contributed by atoms with E-state index in [1.54, 1.807) is 24.0 Å². The van der Waals surface area contributed by atoms with Crippen molar-refractivity contribution in [3.63, 3.8) is 0 Å². The molecule has 2 amide bonds. The Kier molecular flexibility index (Phi) is 7.71. The summed E-state index contributed by atoms with van der Waals surface area (Å²) in [5.74, 6) is 0. The van der Waals surface area contributed by atoms with Gasteiger partial charge in [0.2, 0.25) is 0 Å². The predicted molar refractivity (Wildman–Crippen MR) is 131 cm³/mol. The molecule has 0 N–H and O–H groups in total. The maximum absolute atomic E-state index is 13.7. The van der Waals surface area contributed by atoms with Crippen LogP contribution >= 0.6 is 11.6 Å². The van der Waals surface area contributed by atoms with Gasteiger partial charge < -0.3 is 19.3 Å². The largest absolute Gasteiger partial charge is 0.450 e. The standard InChI is InChI=1S/C24H28ClN3O6S/c1-2-33-23(29)26-13-15-27(16-14-26)24(30)34-17-20-10-7-18-5-3-4-6-22(18)28(20)35(31,32)21-11-8-19(25)9-12-21/h3-6,8-9,11-12,20H,2,7,10,13-17H2,1H3. The van der Waals surface area contributed by atoms with Crippen molar-refractivity contribution in [1.82, 2.24) is 9.80 Å². The van der Waals surface area contributed by atoms with Gasteiger partial charge in [-0.3, -0.25) is 4.31 Å². The average Bonchev–Trinajstić information content (AvgIpc) is 2.87. The highest BCUT2D eigenvalue weighted by Gasteiger charge is 2.37. The molecule has 0 aliphatic carbocycles. The third-order valence-corrected chi connectivity index (χ3v) is 8.27. The second-order valence-electron chi connectivity index (χ2n) is 8.33. The first-order valence-corrected chi connectivity index (χ1v) is 13.3. The van der Waals surface area contributed by atoms with Crippen LogP contribution in [0.3, 0.4) is 0 Å². The number of anilines is 1. The highest BCUT2D eigenvalue weighted by Crippen LogP contribution is 2.35. The van der Waals surface area contributed by atoms with Crippen molar-refractivity contribution < 1.29 is 27.5 Å². The number of ether oxygens (including phenoxy) is 2. The summed E-state index contributed by atoms with van der Waals surface area (Å²) in [6.45, 7) is 3.28. The van der Waals surface area contributed by atoms with Gasteiger partial charge in [-0.05, 0) is 55.7 Å². The number of hydrogen-bond donors (Lipinski definition) is 0. The second kappa shape index (κ2) is 10.7. The molecular formula is C24H28ClN3O6S. The van der Waals surface area contributed by atoms with E-state index in [-0.39, 0.29) is 11.5 Å². The molecule has 2 aromatic carbocycles. The highest BCUT2D eigenvalue weighted by atomic mass is 35.5. The van der Waals surface area contributed by atoms with Crippen LogP contribution in [0, 0.1) is 0 Å². The van der Waals surface area contributed by atoms with Crippen molar-refractivity contribution in [2.24, 2.45) is 0 Å². The Hall–Kier alpha value is -2.98. The smallest absolute Gasteiger partial charge is 0.409 e. The molecule has 1 saturated heterocycles. The summed E-state index contributed by atoms with van der Waals surface area (Å²) in [6.07, 6.45) is 0.248. The molecule has 0 saturated carbocycles. The molecule has 2 aliphatic rings. The molecule has 0 aromatic heterocycles. The molecule has 1 atom stereocenters.